The summed E-state index contributed by atoms with van der Waals surface area (Å²) < 4.78 is 44.8. The quantitative estimate of drug-likeness (QED) is 0.463. The summed E-state index contributed by atoms with van der Waals surface area (Å²) in [5.41, 5.74) is 2.73. The van der Waals surface area contributed by atoms with Gasteiger partial charge in [0.2, 0.25) is 15.8 Å². The average Bonchev–Trinajstić information content (AvgIpc) is 3.15. The van der Waals surface area contributed by atoms with Crippen molar-refractivity contribution in [3.05, 3.63) is 64.9 Å². The molecule has 0 aliphatic carbocycles. The van der Waals surface area contributed by atoms with Crippen LogP contribution in [0.25, 0.3) is 11.0 Å². The minimum Gasteiger partial charge on any atom is -0.466 e. The van der Waals surface area contributed by atoms with Crippen LogP contribution in [0.3, 0.4) is 0 Å². The maximum absolute atomic E-state index is 13.8. The standard InChI is InChI=1S/C25H27NO7S/c1-4-31-23(27)15-21-19-9-7-6-8-17(19)12-13-26(21)34(29,30)18-10-11-22-20(14-18)16(3)24(33-22)25(28)32-5-2/h6-11,14,21H,4-5,12-13,15H2,1-3H3/t21-/m0/s1. The second-order valence-corrected chi connectivity index (χ2v) is 9.91. The predicted molar refractivity (Wildman–Crippen MR) is 125 cm³/mol. The molecule has 2 heterocycles. The van der Waals surface area contributed by atoms with Crippen LogP contribution in [0.15, 0.2) is 51.8 Å². The molecule has 8 nitrogen and oxygen atoms in total. The number of benzene rings is 2. The topological polar surface area (TPSA) is 103 Å². The van der Waals surface area contributed by atoms with E-state index in [1.165, 1.54) is 22.5 Å². The Morgan fingerprint density at radius 1 is 1.09 bits per heavy atom. The van der Waals surface area contributed by atoms with Crippen molar-refractivity contribution in [3.63, 3.8) is 0 Å². The number of hydrogen-bond acceptors (Lipinski definition) is 7. The Hall–Kier alpha value is -3.17. The number of ether oxygens (including phenoxy) is 2. The molecule has 0 saturated carbocycles. The van der Waals surface area contributed by atoms with Gasteiger partial charge in [0.05, 0.1) is 30.6 Å². The summed E-state index contributed by atoms with van der Waals surface area (Å²) in [5, 5.41) is 0.517. The fourth-order valence-electron chi connectivity index (χ4n) is 4.39. The van der Waals surface area contributed by atoms with Gasteiger partial charge in [0.1, 0.15) is 5.58 Å². The van der Waals surface area contributed by atoms with E-state index < -0.39 is 28.0 Å². The molecule has 2 aromatic carbocycles. The average molecular weight is 486 g/mol. The molecule has 0 spiro atoms. The van der Waals surface area contributed by atoms with Crippen molar-refractivity contribution in [3.8, 4) is 0 Å². The summed E-state index contributed by atoms with van der Waals surface area (Å²) in [7, 11) is -3.98. The summed E-state index contributed by atoms with van der Waals surface area (Å²) in [4.78, 5) is 24.6. The highest BCUT2D eigenvalue weighted by Gasteiger charge is 2.38. The third kappa shape index (κ3) is 4.33. The molecule has 0 N–H and O–H groups in total. The molecule has 1 aliphatic rings. The van der Waals surface area contributed by atoms with Crippen LogP contribution >= 0.6 is 0 Å². The van der Waals surface area contributed by atoms with Crippen molar-refractivity contribution in [2.75, 3.05) is 19.8 Å². The fraction of sp³-hybridized carbons (Fsp3) is 0.360. The molecular weight excluding hydrogens is 458 g/mol. The highest BCUT2D eigenvalue weighted by Crippen LogP contribution is 2.37. The third-order valence-electron chi connectivity index (χ3n) is 6.00. The van der Waals surface area contributed by atoms with Crippen molar-refractivity contribution in [2.24, 2.45) is 0 Å². The van der Waals surface area contributed by atoms with Gasteiger partial charge in [-0.1, -0.05) is 24.3 Å². The van der Waals surface area contributed by atoms with Crippen LogP contribution in [0.2, 0.25) is 0 Å². The van der Waals surface area contributed by atoms with E-state index in [9.17, 15) is 18.0 Å². The molecule has 1 aromatic heterocycles. The van der Waals surface area contributed by atoms with E-state index in [2.05, 4.69) is 0 Å². The van der Waals surface area contributed by atoms with Crippen LogP contribution in [-0.2, 0) is 30.7 Å². The van der Waals surface area contributed by atoms with Crippen LogP contribution < -0.4 is 0 Å². The monoisotopic (exact) mass is 485 g/mol. The number of esters is 2. The number of aryl methyl sites for hydroxylation is 1. The van der Waals surface area contributed by atoms with Gasteiger partial charge in [-0.05, 0) is 56.5 Å². The second kappa shape index (κ2) is 9.60. The number of rotatable bonds is 7. The lowest BCUT2D eigenvalue weighted by Crippen LogP contribution is -2.41. The van der Waals surface area contributed by atoms with Gasteiger partial charge in [0, 0.05) is 17.5 Å². The van der Waals surface area contributed by atoms with E-state index in [-0.39, 0.29) is 36.8 Å². The van der Waals surface area contributed by atoms with Crippen LogP contribution in [0.5, 0.6) is 0 Å². The molecule has 1 aliphatic heterocycles. The lowest BCUT2D eigenvalue weighted by atomic mass is 9.92. The van der Waals surface area contributed by atoms with E-state index in [0.717, 1.165) is 11.1 Å². The SMILES string of the molecule is CCOC(=O)C[C@H]1c2ccccc2CCN1S(=O)(=O)c1ccc2oc(C(=O)OCC)c(C)c2c1. The number of nitrogens with zero attached hydrogens (tertiary/aromatic N) is 1. The third-order valence-corrected chi connectivity index (χ3v) is 7.91. The molecule has 0 saturated heterocycles. The Morgan fingerprint density at radius 3 is 2.56 bits per heavy atom. The molecule has 1 atom stereocenters. The molecule has 4 rings (SSSR count). The smallest absolute Gasteiger partial charge is 0.374 e. The first-order valence-corrected chi connectivity index (χ1v) is 12.7. The molecule has 9 heteroatoms. The second-order valence-electron chi connectivity index (χ2n) is 8.02. The molecule has 0 fully saturated rings. The van der Waals surface area contributed by atoms with Crippen LogP contribution in [0.1, 0.15) is 53.6 Å². The Kier molecular flexibility index (Phi) is 6.77. The fourth-order valence-corrected chi connectivity index (χ4v) is 6.03. The molecule has 0 unspecified atom stereocenters. The van der Waals surface area contributed by atoms with Crippen molar-refractivity contribution >= 4 is 32.9 Å². The Labute approximate surface area is 198 Å². The first-order valence-electron chi connectivity index (χ1n) is 11.2. The van der Waals surface area contributed by atoms with E-state index >= 15 is 0 Å². The van der Waals surface area contributed by atoms with Gasteiger partial charge in [-0.2, -0.15) is 4.31 Å². The van der Waals surface area contributed by atoms with Crippen molar-refractivity contribution in [1.29, 1.82) is 0 Å². The minimum atomic E-state index is -3.98. The summed E-state index contributed by atoms with van der Waals surface area (Å²) in [5.74, 6) is -0.995. The summed E-state index contributed by atoms with van der Waals surface area (Å²) >= 11 is 0. The number of carbonyl (C=O) groups excluding carboxylic acids is 2. The van der Waals surface area contributed by atoms with Gasteiger partial charge < -0.3 is 13.9 Å². The molecule has 0 amide bonds. The highest BCUT2D eigenvalue weighted by atomic mass is 32.2. The highest BCUT2D eigenvalue weighted by molar-refractivity contribution is 7.89. The van der Waals surface area contributed by atoms with Crippen LogP contribution in [0.4, 0.5) is 0 Å². The first-order chi connectivity index (χ1) is 16.3. The van der Waals surface area contributed by atoms with Gasteiger partial charge in [-0.15, -0.1) is 0 Å². The van der Waals surface area contributed by atoms with Crippen molar-refractivity contribution in [1.82, 2.24) is 4.31 Å². The number of fused-ring (bicyclic) bond motifs is 2. The molecule has 0 radical (unpaired) electrons. The van der Waals surface area contributed by atoms with Gasteiger partial charge in [0.25, 0.3) is 0 Å². The molecule has 34 heavy (non-hydrogen) atoms. The summed E-state index contributed by atoms with van der Waals surface area (Å²) in [6.45, 7) is 5.76. The number of sulfonamides is 1. The van der Waals surface area contributed by atoms with Gasteiger partial charge in [0.15, 0.2) is 0 Å². The van der Waals surface area contributed by atoms with E-state index in [1.807, 2.05) is 24.3 Å². The Morgan fingerprint density at radius 2 is 1.82 bits per heavy atom. The predicted octanol–water partition coefficient (Wildman–Crippen LogP) is 4.16. The van der Waals surface area contributed by atoms with E-state index in [4.69, 9.17) is 13.9 Å². The van der Waals surface area contributed by atoms with Gasteiger partial charge in [-0.25, -0.2) is 13.2 Å². The van der Waals surface area contributed by atoms with Gasteiger partial charge in [-0.3, -0.25) is 4.79 Å². The zero-order valence-corrected chi connectivity index (χ0v) is 20.2. The Bertz CT molecular complexity index is 1340. The van der Waals surface area contributed by atoms with Crippen LogP contribution in [0, 0.1) is 6.92 Å². The number of hydrogen-bond donors (Lipinski definition) is 0. The number of furan rings is 1. The summed E-state index contributed by atoms with van der Waals surface area (Å²) in [6, 6.07) is 11.4. The van der Waals surface area contributed by atoms with Gasteiger partial charge >= 0.3 is 11.9 Å². The van der Waals surface area contributed by atoms with Crippen molar-refractivity contribution in [2.45, 2.75) is 44.6 Å². The largest absolute Gasteiger partial charge is 0.466 e. The van der Waals surface area contributed by atoms with Crippen molar-refractivity contribution < 1.29 is 31.9 Å². The van der Waals surface area contributed by atoms with E-state index in [0.29, 0.717) is 23.0 Å². The number of carbonyl (C=O) groups is 2. The van der Waals surface area contributed by atoms with E-state index in [1.54, 1.807) is 20.8 Å². The molecule has 180 valence electrons. The molecular formula is C25H27NO7S. The zero-order valence-electron chi connectivity index (χ0n) is 19.4. The Balaban J connectivity index is 1.75. The summed E-state index contributed by atoms with van der Waals surface area (Å²) in [6.07, 6.45) is 0.457. The lowest BCUT2D eigenvalue weighted by molar-refractivity contribution is -0.144. The van der Waals surface area contributed by atoms with Crippen LogP contribution in [-0.4, -0.2) is 44.4 Å². The zero-order chi connectivity index (χ0) is 24.5. The minimum absolute atomic E-state index is 0.0542. The first kappa shape index (κ1) is 24.0. The molecule has 0 bridgehead atoms. The maximum Gasteiger partial charge on any atom is 0.374 e. The maximum atomic E-state index is 13.8. The lowest BCUT2D eigenvalue weighted by Gasteiger charge is -2.36. The molecule has 3 aromatic rings. The normalized spacial score (nSPS) is 16.3.